The largest absolute Gasteiger partial charge is 0.471 e. The van der Waals surface area contributed by atoms with Gasteiger partial charge in [0.1, 0.15) is 6.04 Å². The molecule has 1 fully saturated rings. The number of amides is 5. The normalized spacial score (nSPS) is 16.5. The quantitative estimate of drug-likeness (QED) is 0.334. The van der Waals surface area contributed by atoms with Crippen molar-refractivity contribution < 1.29 is 37.1 Å². The molecule has 10 nitrogen and oxygen atoms in total. The topological polar surface area (TPSA) is 142 Å². The van der Waals surface area contributed by atoms with E-state index in [-0.39, 0.29) is 25.9 Å². The Hall–Kier alpha value is -2.28. The fraction of sp³-hybridized carbons (Fsp3) is 0.643. The van der Waals surface area contributed by atoms with Gasteiger partial charge in [-0.1, -0.05) is 23.2 Å². The molecule has 0 aromatic rings. The summed E-state index contributed by atoms with van der Waals surface area (Å²) in [5.41, 5.74) is 7.17. The minimum atomic E-state index is -5.15. The van der Waals surface area contributed by atoms with E-state index in [2.05, 4.69) is 5.43 Å². The lowest BCUT2D eigenvalue weighted by molar-refractivity contribution is -0.174. The van der Waals surface area contributed by atoms with E-state index in [9.17, 15) is 37.1 Å². The molecule has 4 N–H and O–H groups in total. The molecule has 0 saturated carbocycles. The third-order valence-corrected chi connectivity index (χ3v) is 4.19. The molecule has 0 spiro atoms. The number of halogens is 5. The van der Waals surface area contributed by atoms with Crippen LogP contribution in [0, 0.1) is 0 Å². The molecule has 1 unspecified atom stereocenters. The predicted octanol–water partition coefficient (Wildman–Crippen LogP) is -0.805. The van der Waals surface area contributed by atoms with Crippen molar-refractivity contribution in [2.45, 2.75) is 36.3 Å². The standard InChI is InChI=1S/C14H18Cl2F3N5O5/c15-10(16)12(28)24(5-3-8(20)25)22-11(27)7-2-1-4-23(7)9(26)6-21-13(29)14(17,18)19/h7,10H,1-6H2,(H2,20,25)(H,21,29)(H,22,27). The van der Waals surface area contributed by atoms with Crippen molar-refractivity contribution in [1.29, 1.82) is 0 Å². The summed E-state index contributed by atoms with van der Waals surface area (Å²) in [4.78, 5) is 57.7. The number of nitrogens with two attached hydrogens (primary N) is 1. The highest BCUT2D eigenvalue weighted by Crippen LogP contribution is 2.18. The molecule has 164 valence electrons. The summed E-state index contributed by atoms with van der Waals surface area (Å²) in [6.07, 6.45) is -4.94. The highest BCUT2D eigenvalue weighted by Gasteiger charge is 2.40. The van der Waals surface area contributed by atoms with Gasteiger partial charge in [0.2, 0.25) is 11.8 Å². The average molecular weight is 464 g/mol. The van der Waals surface area contributed by atoms with E-state index in [1.165, 1.54) is 5.32 Å². The first kappa shape index (κ1) is 24.8. The Bertz CT molecular complexity index is 677. The minimum absolute atomic E-state index is 0.0572. The first-order valence-electron chi connectivity index (χ1n) is 8.17. The van der Waals surface area contributed by atoms with Gasteiger partial charge in [0.05, 0.1) is 13.1 Å². The number of rotatable bonds is 7. The molecular weight excluding hydrogens is 446 g/mol. The van der Waals surface area contributed by atoms with Crippen LogP contribution in [0.5, 0.6) is 0 Å². The molecule has 1 heterocycles. The number of hydrazine groups is 1. The van der Waals surface area contributed by atoms with Crippen LogP contribution < -0.4 is 16.5 Å². The van der Waals surface area contributed by atoms with Crippen LogP contribution in [0.25, 0.3) is 0 Å². The number of nitrogens with one attached hydrogen (secondary N) is 2. The van der Waals surface area contributed by atoms with Gasteiger partial charge in [-0.25, -0.2) is 0 Å². The molecule has 1 aliphatic heterocycles. The molecule has 0 aromatic heterocycles. The fourth-order valence-corrected chi connectivity index (χ4v) is 2.70. The zero-order valence-electron chi connectivity index (χ0n) is 14.8. The lowest BCUT2D eigenvalue weighted by Crippen LogP contribution is -2.56. The summed E-state index contributed by atoms with van der Waals surface area (Å²) in [5, 5.41) is 2.10. The van der Waals surface area contributed by atoms with E-state index < -0.39 is 53.1 Å². The van der Waals surface area contributed by atoms with Gasteiger partial charge in [0.25, 0.3) is 11.8 Å². The molecule has 29 heavy (non-hydrogen) atoms. The van der Waals surface area contributed by atoms with Gasteiger partial charge in [0, 0.05) is 13.0 Å². The second kappa shape index (κ2) is 10.5. The molecule has 1 atom stereocenters. The third kappa shape index (κ3) is 7.57. The number of carbonyl (C=O) groups is 5. The minimum Gasteiger partial charge on any atom is -0.370 e. The van der Waals surface area contributed by atoms with Gasteiger partial charge in [-0.05, 0) is 12.8 Å². The Labute approximate surface area is 172 Å². The van der Waals surface area contributed by atoms with Crippen LogP contribution in [-0.4, -0.2) is 76.1 Å². The molecule has 15 heteroatoms. The number of hydrogen-bond donors (Lipinski definition) is 3. The molecule has 1 aliphatic rings. The second-order valence-electron chi connectivity index (χ2n) is 5.91. The summed E-state index contributed by atoms with van der Waals surface area (Å²) in [6, 6.07) is -1.11. The molecular formula is C14H18Cl2F3N5O5. The van der Waals surface area contributed by atoms with E-state index in [1.807, 2.05) is 0 Å². The van der Waals surface area contributed by atoms with Crippen LogP contribution in [0.15, 0.2) is 0 Å². The summed E-state index contributed by atoms with van der Waals surface area (Å²) in [6.45, 7) is -1.24. The van der Waals surface area contributed by atoms with Crippen LogP contribution >= 0.6 is 23.2 Å². The van der Waals surface area contributed by atoms with Gasteiger partial charge < -0.3 is 16.0 Å². The monoisotopic (exact) mass is 463 g/mol. The number of likely N-dealkylation sites (tertiary alicyclic amines) is 1. The first-order valence-corrected chi connectivity index (χ1v) is 9.04. The molecule has 5 amide bonds. The molecule has 0 bridgehead atoms. The van der Waals surface area contributed by atoms with Gasteiger partial charge in [-0.3, -0.25) is 34.4 Å². The molecule has 0 aliphatic carbocycles. The summed E-state index contributed by atoms with van der Waals surface area (Å²) < 4.78 is 36.6. The zero-order valence-corrected chi connectivity index (χ0v) is 16.3. The summed E-state index contributed by atoms with van der Waals surface area (Å²) in [5.74, 6) is -5.76. The Kier molecular flexibility index (Phi) is 8.95. The molecule has 0 radical (unpaired) electrons. The van der Waals surface area contributed by atoms with Crippen LogP contribution in [0.2, 0.25) is 0 Å². The maximum Gasteiger partial charge on any atom is 0.471 e. The number of hydrogen-bond acceptors (Lipinski definition) is 5. The highest BCUT2D eigenvalue weighted by atomic mass is 35.5. The first-order chi connectivity index (χ1) is 13.3. The van der Waals surface area contributed by atoms with Crippen molar-refractivity contribution in [1.82, 2.24) is 20.7 Å². The average Bonchev–Trinajstić information content (AvgIpc) is 3.10. The Morgan fingerprint density at radius 1 is 1.21 bits per heavy atom. The van der Waals surface area contributed by atoms with Crippen molar-refractivity contribution in [2.75, 3.05) is 19.6 Å². The summed E-state index contributed by atoms with van der Waals surface area (Å²) >= 11 is 11.0. The van der Waals surface area contributed by atoms with Crippen molar-refractivity contribution in [3.05, 3.63) is 0 Å². The third-order valence-electron chi connectivity index (χ3n) is 3.81. The highest BCUT2D eigenvalue weighted by molar-refractivity contribution is 6.53. The molecule has 1 rings (SSSR count). The van der Waals surface area contributed by atoms with E-state index >= 15 is 0 Å². The van der Waals surface area contributed by atoms with Crippen molar-refractivity contribution >= 4 is 52.7 Å². The Morgan fingerprint density at radius 3 is 2.34 bits per heavy atom. The maximum absolute atomic E-state index is 12.5. The van der Waals surface area contributed by atoms with Gasteiger partial charge in [-0.15, -0.1) is 0 Å². The SMILES string of the molecule is NC(=O)CCN(NC(=O)C1CCCN1C(=O)CNC(=O)C(F)(F)F)C(=O)C(Cl)Cl. The van der Waals surface area contributed by atoms with Gasteiger partial charge in [0.15, 0.2) is 4.84 Å². The van der Waals surface area contributed by atoms with Crippen LogP contribution in [-0.2, 0) is 24.0 Å². The van der Waals surface area contributed by atoms with E-state index in [1.54, 1.807) is 0 Å². The predicted molar refractivity (Wildman–Crippen MR) is 93.0 cm³/mol. The van der Waals surface area contributed by atoms with Crippen molar-refractivity contribution in [2.24, 2.45) is 5.73 Å². The van der Waals surface area contributed by atoms with E-state index in [4.69, 9.17) is 28.9 Å². The molecule has 0 aromatic carbocycles. The smallest absolute Gasteiger partial charge is 0.370 e. The lowest BCUT2D eigenvalue weighted by Gasteiger charge is -2.28. The van der Waals surface area contributed by atoms with Crippen molar-refractivity contribution in [3.8, 4) is 0 Å². The van der Waals surface area contributed by atoms with Gasteiger partial charge in [-0.2, -0.15) is 13.2 Å². The van der Waals surface area contributed by atoms with Gasteiger partial charge >= 0.3 is 12.1 Å². The number of primary amides is 1. The van der Waals surface area contributed by atoms with E-state index in [0.29, 0.717) is 11.4 Å². The van der Waals surface area contributed by atoms with Crippen LogP contribution in [0.1, 0.15) is 19.3 Å². The number of carbonyl (C=O) groups excluding carboxylic acids is 5. The van der Waals surface area contributed by atoms with Crippen LogP contribution in [0.4, 0.5) is 13.2 Å². The Balaban J connectivity index is 2.76. The van der Waals surface area contributed by atoms with Crippen molar-refractivity contribution in [3.63, 3.8) is 0 Å². The van der Waals surface area contributed by atoms with E-state index in [0.717, 1.165) is 4.90 Å². The maximum atomic E-state index is 12.5. The second-order valence-corrected chi connectivity index (χ2v) is 7.00. The number of nitrogens with zero attached hydrogens (tertiary/aromatic N) is 2. The fourth-order valence-electron chi connectivity index (χ4n) is 2.46. The van der Waals surface area contributed by atoms with Crippen LogP contribution in [0.3, 0.4) is 0 Å². The number of alkyl halides is 5. The molecule has 1 saturated heterocycles. The summed E-state index contributed by atoms with van der Waals surface area (Å²) in [7, 11) is 0. The Morgan fingerprint density at radius 2 is 1.83 bits per heavy atom. The lowest BCUT2D eigenvalue weighted by atomic mass is 10.2. The zero-order chi connectivity index (χ0) is 22.4.